The summed E-state index contributed by atoms with van der Waals surface area (Å²) in [5.41, 5.74) is 0.352. The van der Waals surface area contributed by atoms with E-state index in [4.69, 9.17) is 16.3 Å². The van der Waals surface area contributed by atoms with Crippen molar-refractivity contribution >= 4 is 46.4 Å². The fourth-order valence-electron chi connectivity index (χ4n) is 2.15. The molecule has 1 aromatic carbocycles. The third kappa shape index (κ3) is 6.69. The number of benzene rings is 1. The number of esters is 1. The van der Waals surface area contributed by atoms with Crippen LogP contribution in [0.25, 0.3) is 0 Å². The topological polar surface area (TPSA) is 84.5 Å². The maximum atomic E-state index is 12.3. The molecule has 2 aromatic rings. The van der Waals surface area contributed by atoms with E-state index >= 15 is 0 Å². The Morgan fingerprint density at radius 3 is 2.67 bits per heavy atom. The van der Waals surface area contributed by atoms with Crippen molar-refractivity contribution in [3.05, 3.63) is 51.2 Å². The molecule has 6 nitrogen and oxygen atoms in total. The lowest BCUT2D eigenvalue weighted by atomic mass is 10.1. The molecule has 2 amide bonds. The standard InChI is InChI=1S/C19H21ClN2O4S/c1-12(2)7-8-21-17(23)11-26-19(25)14-6-5-13(20)10-15(14)22-18(24)16-4-3-9-27-16/h3-6,9-10,12H,7-8,11H2,1-2H3,(H,21,23)(H,22,24). The first-order valence-corrected chi connectivity index (χ1v) is 9.71. The first-order valence-electron chi connectivity index (χ1n) is 8.45. The highest BCUT2D eigenvalue weighted by Crippen LogP contribution is 2.23. The number of anilines is 1. The van der Waals surface area contributed by atoms with Crippen LogP contribution in [0.1, 0.15) is 40.3 Å². The van der Waals surface area contributed by atoms with Crippen LogP contribution in [0.15, 0.2) is 35.7 Å². The summed E-state index contributed by atoms with van der Waals surface area (Å²) in [5, 5.41) is 7.48. The lowest BCUT2D eigenvalue weighted by Crippen LogP contribution is -2.30. The molecule has 1 aromatic heterocycles. The summed E-state index contributed by atoms with van der Waals surface area (Å²) < 4.78 is 5.06. The number of halogens is 1. The average molecular weight is 409 g/mol. The molecule has 2 N–H and O–H groups in total. The molecule has 0 spiro atoms. The van der Waals surface area contributed by atoms with Crippen molar-refractivity contribution in [1.29, 1.82) is 0 Å². The molecule has 0 saturated carbocycles. The Morgan fingerprint density at radius 1 is 1.22 bits per heavy atom. The van der Waals surface area contributed by atoms with E-state index in [1.165, 1.54) is 29.5 Å². The molecule has 0 bridgehead atoms. The zero-order valence-corrected chi connectivity index (χ0v) is 16.7. The number of hydrogen-bond acceptors (Lipinski definition) is 5. The highest BCUT2D eigenvalue weighted by atomic mass is 35.5. The van der Waals surface area contributed by atoms with Crippen molar-refractivity contribution in [2.24, 2.45) is 5.92 Å². The van der Waals surface area contributed by atoms with Crippen LogP contribution in [0.5, 0.6) is 0 Å². The maximum Gasteiger partial charge on any atom is 0.340 e. The van der Waals surface area contributed by atoms with Gasteiger partial charge in [-0.1, -0.05) is 31.5 Å². The molecule has 1 heterocycles. The van der Waals surface area contributed by atoms with Gasteiger partial charge in [-0.2, -0.15) is 0 Å². The molecule has 0 aliphatic heterocycles. The monoisotopic (exact) mass is 408 g/mol. The van der Waals surface area contributed by atoms with Crippen molar-refractivity contribution < 1.29 is 19.1 Å². The van der Waals surface area contributed by atoms with Gasteiger partial charge >= 0.3 is 5.97 Å². The summed E-state index contributed by atoms with van der Waals surface area (Å²) >= 11 is 7.25. The largest absolute Gasteiger partial charge is 0.452 e. The molecule has 144 valence electrons. The Morgan fingerprint density at radius 2 is 2.00 bits per heavy atom. The van der Waals surface area contributed by atoms with Gasteiger partial charge in [-0.15, -0.1) is 11.3 Å². The quantitative estimate of drug-likeness (QED) is 0.647. The highest BCUT2D eigenvalue weighted by Gasteiger charge is 2.17. The predicted molar refractivity (Wildman–Crippen MR) is 106 cm³/mol. The van der Waals surface area contributed by atoms with Crippen molar-refractivity contribution in [3.8, 4) is 0 Å². The number of amides is 2. The molecule has 8 heteroatoms. The Bertz CT molecular complexity index is 806. The summed E-state index contributed by atoms with van der Waals surface area (Å²) in [4.78, 5) is 36.8. The molecule has 0 fully saturated rings. The van der Waals surface area contributed by atoms with Crippen molar-refractivity contribution in [1.82, 2.24) is 5.32 Å². The fourth-order valence-corrected chi connectivity index (χ4v) is 2.94. The number of ether oxygens (including phenoxy) is 1. The van der Waals surface area contributed by atoms with E-state index in [1.54, 1.807) is 17.5 Å². The first kappa shape index (κ1) is 20.9. The van der Waals surface area contributed by atoms with E-state index in [9.17, 15) is 14.4 Å². The van der Waals surface area contributed by atoms with Crippen LogP contribution >= 0.6 is 22.9 Å². The molecule has 0 aliphatic carbocycles. The van der Waals surface area contributed by atoms with Crippen molar-refractivity contribution in [2.75, 3.05) is 18.5 Å². The lowest BCUT2D eigenvalue weighted by molar-refractivity contribution is -0.124. The van der Waals surface area contributed by atoms with Gasteiger partial charge in [0.1, 0.15) is 0 Å². The third-order valence-electron chi connectivity index (χ3n) is 3.57. The Kier molecular flexibility index (Phi) is 7.82. The first-order chi connectivity index (χ1) is 12.9. The molecule has 27 heavy (non-hydrogen) atoms. The van der Waals surface area contributed by atoms with E-state index < -0.39 is 12.6 Å². The summed E-state index contributed by atoms with van der Waals surface area (Å²) in [5.74, 6) is -0.974. The zero-order chi connectivity index (χ0) is 19.8. The normalized spacial score (nSPS) is 10.5. The number of thiophene rings is 1. The van der Waals surface area contributed by atoms with Crippen LogP contribution in [-0.4, -0.2) is 30.9 Å². The van der Waals surface area contributed by atoms with E-state index in [2.05, 4.69) is 24.5 Å². The second-order valence-corrected chi connectivity index (χ2v) is 7.61. The van der Waals surface area contributed by atoms with Gasteiger partial charge in [-0.25, -0.2) is 4.79 Å². The molecule has 0 unspecified atom stereocenters. The van der Waals surface area contributed by atoms with E-state index in [1.807, 2.05) is 0 Å². The SMILES string of the molecule is CC(C)CCNC(=O)COC(=O)c1ccc(Cl)cc1NC(=O)c1cccs1. The van der Waals surface area contributed by atoms with E-state index in [0.29, 0.717) is 22.4 Å². The maximum absolute atomic E-state index is 12.3. The van der Waals surface area contributed by atoms with E-state index in [-0.39, 0.29) is 23.1 Å². The molecule has 0 saturated heterocycles. The van der Waals surface area contributed by atoms with Crippen LogP contribution in [0.2, 0.25) is 5.02 Å². The number of carbonyl (C=O) groups excluding carboxylic acids is 3. The van der Waals surface area contributed by atoms with Gasteiger partial charge in [-0.05, 0) is 42.0 Å². The molecule has 0 aliphatic rings. The minimum absolute atomic E-state index is 0.124. The molecular weight excluding hydrogens is 388 g/mol. The van der Waals surface area contributed by atoms with Crippen LogP contribution in [0.3, 0.4) is 0 Å². The number of hydrogen-bond donors (Lipinski definition) is 2. The fraction of sp³-hybridized carbons (Fsp3) is 0.316. The zero-order valence-electron chi connectivity index (χ0n) is 15.1. The molecular formula is C19H21ClN2O4S. The van der Waals surface area contributed by atoms with Crippen molar-refractivity contribution in [3.63, 3.8) is 0 Å². The molecule has 2 rings (SSSR count). The summed E-state index contributed by atoms with van der Waals surface area (Å²) in [6.07, 6.45) is 0.843. The van der Waals surface area contributed by atoms with Gasteiger partial charge in [0.15, 0.2) is 6.61 Å². The highest BCUT2D eigenvalue weighted by molar-refractivity contribution is 7.12. The van der Waals surface area contributed by atoms with Gasteiger partial charge in [0.25, 0.3) is 11.8 Å². The third-order valence-corrected chi connectivity index (χ3v) is 4.68. The smallest absolute Gasteiger partial charge is 0.340 e. The van der Waals surface area contributed by atoms with Gasteiger partial charge in [0, 0.05) is 11.6 Å². The average Bonchev–Trinajstić information content (AvgIpc) is 3.14. The van der Waals surface area contributed by atoms with Crippen LogP contribution < -0.4 is 10.6 Å². The van der Waals surface area contributed by atoms with Crippen LogP contribution in [0, 0.1) is 5.92 Å². The second kappa shape index (κ2) is 10.1. The van der Waals surface area contributed by atoms with Crippen LogP contribution in [0.4, 0.5) is 5.69 Å². The van der Waals surface area contributed by atoms with Gasteiger partial charge in [0.05, 0.1) is 16.1 Å². The Hall–Kier alpha value is -2.38. The summed E-state index contributed by atoms with van der Waals surface area (Å²) in [6.45, 7) is 4.24. The predicted octanol–water partition coefficient (Wildman–Crippen LogP) is 3.97. The number of nitrogens with one attached hydrogen (secondary N) is 2. The van der Waals surface area contributed by atoms with Crippen molar-refractivity contribution in [2.45, 2.75) is 20.3 Å². The molecule has 0 radical (unpaired) electrons. The lowest BCUT2D eigenvalue weighted by Gasteiger charge is -2.11. The minimum atomic E-state index is -0.716. The van der Waals surface area contributed by atoms with Gasteiger partial charge in [-0.3, -0.25) is 9.59 Å². The van der Waals surface area contributed by atoms with Gasteiger partial charge < -0.3 is 15.4 Å². The minimum Gasteiger partial charge on any atom is -0.452 e. The summed E-state index contributed by atoms with van der Waals surface area (Å²) in [7, 11) is 0. The van der Waals surface area contributed by atoms with E-state index in [0.717, 1.165) is 6.42 Å². The van der Waals surface area contributed by atoms with Gasteiger partial charge in [0.2, 0.25) is 0 Å². The molecule has 0 atom stereocenters. The number of rotatable bonds is 8. The number of carbonyl (C=O) groups is 3. The second-order valence-electron chi connectivity index (χ2n) is 6.23. The Labute approximate surface area is 166 Å². The summed E-state index contributed by atoms with van der Waals surface area (Å²) in [6, 6.07) is 7.86. The Balaban J connectivity index is 1.99. The van der Waals surface area contributed by atoms with Crippen LogP contribution in [-0.2, 0) is 9.53 Å².